The van der Waals surface area contributed by atoms with Crippen LogP contribution < -0.4 is 5.73 Å². The Morgan fingerprint density at radius 1 is 1.35 bits per heavy atom. The van der Waals surface area contributed by atoms with E-state index in [1.807, 2.05) is 36.1 Å². The van der Waals surface area contributed by atoms with E-state index in [1.165, 1.54) is 5.56 Å². The summed E-state index contributed by atoms with van der Waals surface area (Å²) in [5.41, 5.74) is 8.97. The lowest BCUT2D eigenvalue weighted by atomic mass is 9.89. The maximum Gasteiger partial charge on any atom is 0.228 e. The van der Waals surface area contributed by atoms with Crippen LogP contribution in [0.25, 0.3) is 0 Å². The number of halogens is 1. The van der Waals surface area contributed by atoms with Gasteiger partial charge in [0, 0.05) is 24.7 Å². The summed E-state index contributed by atoms with van der Waals surface area (Å²) in [5, 5.41) is 7.02. The van der Waals surface area contributed by atoms with Gasteiger partial charge < -0.3 is 10.6 Å². The van der Waals surface area contributed by atoms with E-state index in [0.29, 0.717) is 24.8 Å². The highest BCUT2D eigenvalue weighted by Crippen LogP contribution is 2.32. The van der Waals surface area contributed by atoms with Gasteiger partial charge in [-0.25, -0.2) is 0 Å². The molecule has 1 fully saturated rings. The molecule has 1 aromatic carbocycles. The fraction of sp³-hybridized carbons (Fsp3) is 0.412. The largest absolute Gasteiger partial charge is 0.341 e. The van der Waals surface area contributed by atoms with Gasteiger partial charge in [0.25, 0.3) is 0 Å². The summed E-state index contributed by atoms with van der Waals surface area (Å²) in [7, 11) is 0. The number of carbonyl (C=O) groups is 1. The van der Waals surface area contributed by atoms with Crippen LogP contribution >= 0.6 is 12.4 Å². The Morgan fingerprint density at radius 3 is 2.70 bits per heavy atom. The first-order valence-electron chi connectivity index (χ1n) is 7.71. The summed E-state index contributed by atoms with van der Waals surface area (Å²) >= 11 is 0. The minimum Gasteiger partial charge on any atom is -0.341 e. The first-order valence-corrected chi connectivity index (χ1v) is 7.71. The standard InChI is InChI=1S/C17H22N4O.ClH/c1-12-7-15(20-19-12)8-17(22)21-10-14(9-18)16(11-21)13-5-3-2-4-6-13;/h2-7,14,16H,8-11,18H2,1H3,(H,19,20);1H/t14-,16+;/m1./s1. The van der Waals surface area contributed by atoms with E-state index in [0.717, 1.165) is 24.5 Å². The van der Waals surface area contributed by atoms with Crippen LogP contribution in [0.4, 0.5) is 0 Å². The number of aromatic nitrogens is 2. The predicted molar refractivity (Wildman–Crippen MR) is 92.6 cm³/mol. The molecule has 5 nitrogen and oxygen atoms in total. The van der Waals surface area contributed by atoms with E-state index >= 15 is 0 Å². The van der Waals surface area contributed by atoms with Crippen molar-refractivity contribution in [1.82, 2.24) is 15.1 Å². The van der Waals surface area contributed by atoms with E-state index in [2.05, 4.69) is 22.3 Å². The van der Waals surface area contributed by atoms with Gasteiger partial charge in [0.1, 0.15) is 0 Å². The molecule has 0 saturated carbocycles. The van der Waals surface area contributed by atoms with Gasteiger partial charge in [-0.05, 0) is 31.0 Å². The predicted octanol–water partition coefficient (Wildman–Crippen LogP) is 1.88. The summed E-state index contributed by atoms with van der Waals surface area (Å²) in [4.78, 5) is 14.4. The third kappa shape index (κ3) is 3.92. The third-order valence-electron chi connectivity index (χ3n) is 4.42. The number of nitrogens with one attached hydrogen (secondary N) is 1. The van der Waals surface area contributed by atoms with Crippen molar-refractivity contribution in [3.63, 3.8) is 0 Å². The summed E-state index contributed by atoms with van der Waals surface area (Å²) in [6, 6.07) is 12.3. The first-order chi connectivity index (χ1) is 10.7. The maximum atomic E-state index is 12.5. The van der Waals surface area contributed by atoms with Gasteiger partial charge in [0.05, 0.1) is 12.1 Å². The molecule has 1 aliphatic rings. The van der Waals surface area contributed by atoms with Crippen molar-refractivity contribution in [1.29, 1.82) is 0 Å². The lowest BCUT2D eigenvalue weighted by Gasteiger charge is -2.16. The van der Waals surface area contributed by atoms with Crippen molar-refractivity contribution < 1.29 is 4.79 Å². The Bertz CT molecular complexity index is 643. The number of aryl methyl sites for hydroxylation is 1. The lowest BCUT2D eigenvalue weighted by Crippen LogP contribution is -2.31. The second-order valence-electron chi connectivity index (χ2n) is 6.03. The van der Waals surface area contributed by atoms with Crippen LogP contribution in [0.15, 0.2) is 36.4 Å². The summed E-state index contributed by atoms with van der Waals surface area (Å²) in [6.07, 6.45) is 0.350. The van der Waals surface area contributed by atoms with E-state index < -0.39 is 0 Å². The van der Waals surface area contributed by atoms with Crippen LogP contribution in [0.2, 0.25) is 0 Å². The molecular formula is C17H23ClN4O. The van der Waals surface area contributed by atoms with E-state index in [9.17, 15) is 4.79 Å². The smallest absolute Gasteiger partial charge is 0.228 e. The topological polar surface area (TPSA) is 75.0 Å². The normalized spacial score (nSPS) is 20.3. The number of amides is 1. The number of hydrogen-bond donors (Lipinski definition) is 2. The highest BCUT2D eigenvalue weighted by atomic mass is 35.5. The van der Waals surface area contributed by atoms with Gasteiger partial charge in [-0.15, -0.1) is 12.4 Å². The van der Waals surface area contributed by atoms with Crippen LogP contribution in [0.3, 0.4) is 0 Å². The third-order valence-corrected chi connectivity index (χ3v) is 4.42. The zero-order valence-corrected chi connectivity index (χ0v) is 14.1. The number of aromatic amines is 1. The van der Waals surface area contributed by atoms with Crippen molar-refractivity contribution in [2.75, 3.05) is 19.6 Å². The molecule has 2 heterocycles. The molecule has 2 aromatic rings. The number of nitrogens with two attached hydrogens (primary N) is 1. The molecule has 0 spiro atoms. The molecule has 124 valence electrons. The van der Waals surface area contributed by atoms with Crippen molar-refractivity contribution in [2.45, 2.75) is 19.3 Å². The van der Waals surface area contributed by atoms with Crippen LogP contribution in [0.1, 0.15) is 22.9 Å². The van der Waals surface area contributed by atoms with Gasteiger partial charge in [0.15, 0.2) is 0 Å². The average Bonchev–Trinajstić information content (AvgIpc) is 3.14. The SMILES string of the molecule is Cc1cc(CC(=O)N2C[C@@H](CN)[C@H](c3ccccc3)C2)n[nH]1.Cl. The van der Waals surface area contributed by atoms with Gasteiger partial charge in [-0.3, -0.25) is 9.89 Å². The minimum atomic E-state index is 0. The molecule has 6 heteroatoms. The number of hydrogen-bond acceptors (Lipinski definition) is 3. The summed E-state index contributed by atoms with van der Waals surface area (Å²) < 4.78 is 0. The zero-order chi connectivity index (χ0) is 15.5. The Hall–Kier alpha value is -1.85. The molecule has 2 atom stereocenters. The molecule has 1 aromatic heterocycles. The van der Waals surface area contributed by atoms with E-state index in [4.69, 9.17) is 5.73 Å². The van der Waals surface area contributed by atoms with Crippen LogP contribution in [-0.2, 0) is 11.2 Å². The summed E-state index contributed by atoms with van der Waals surface area (Å²) in [6.45, 7) is 4.02. The molecule has 1 amide bonds. The molecule has 1 saturated heterocycles. The molecule has 23 heavy (non-hydrogen) atoms. The quantitative estimate of drug-likeness (QED) is 0.896. The lowest BCUT2D eigenvalue weighted by molar-refractivity contribution is -0.129. The van der Waals surface area contributed by atoms with Crippen LogP contribution in [-0.4, -0.2) is 40.6 Å². The number of rotatable bonds is 4. The summed E-state index contributed by atoms with van der Waals surface area (Å²) in [5.74, 6) is 0.784. The minimum absolute atomic E-state index is 0. The Labute approximate surface area is 142 Å². The molecular weight excluding hydrogens is 312 g/mol. The number of H-pyrrole nitrogens is 1. The molecule has 3 N–H and O–H groups in total. The molecule has 0 bridgehead atoms. The molecule has 0 aliphatic carbocycles. The second-order valence-corrected chi connectivity index (χ2v) is 6.03. The fourth-order valence-electron chi connectivity index (χ4n) is 3.22. The van der Waals surface area contributed by atoms with E-state index in [-0.39, 0.29) is 18.3 Å². The van der Waals surface area contributed by atoms with Gasteiger partial charge in [-0.2, -0.15) is 5.10 Å². The average molecular weight is 335 g/mol. The molecule has 1 aliphatic heterocycles. The number of carbonyl (C=O) groups excluding carboxylic acids is 1. The van der Waals surface area contributed by atoms with Crippen LogP contribution in [0.5, 0.6) is 0 Å². The Morgan fingerprint density at radius 2 is 2.09 bits per heavy atom. The molecule has 3 rings (SSSR count). The number of benzene rings is 1. The maximum absolute atomic E-state index is 12.5. The van der Waals surface area contributed by atoms with Crippen molar-refractivity contribution >= 4 is 18.3 Å². The van der Waals surface area contributed by atoms with Gasteiger partial charge in [-0.1, -0.05) is 30.3 Å². The Kier molecular flexibility index (Phi) is 5.80. The zero-order valence-electron chi connectivity index (χ0n) is 13.2. The molecule has 0 radical (unpaired) electrons. The van der Waals surface area contributed by atoms with Gasteiger partial charge in [0.2, 0.25) is 5.91 Å². The molecule has 0 unspecified atom stereocenters. The van der Waals surface area contributed by atoms with E-state index in [1.54, 1.807) is 0 Å². The first kappa shape index (κ1) is 17.5. The number of nitrogens with zero attached hydrogens (tertiary/aromatic N) is 2. The highest BCUT2D eigenvalue weighted by molar-refractivity contribution is 5.85. The van der Waals surface area contributed by atoms with Crippen molar-refractivity contribution in [2.24, 2.45) is 11.7 Å². The second kappa shape index (κ2) is 7.62. The highest BCUT2D eigenvalue weighted by Gasteiger charge is 2.35. The van der Waals surface area contributed by atoms with Crippen LogP contribution in [0, 0.1) is 12.8 Å². The fourth-order valence-corrected chi connectivity index (χ4v) is 3.22. The monoisotopic (exact) mass is 334 g/mol. The Balaban J connectivity index is 0.00000192. The van der Waals surface area contributed by atoms with Crippen molar-refractivity contribution in [3.05, 3.63) is 53.3 Å². The van der Waals surface area contributed by atoms with Crippen molar-refractivity contribution in [3.8, 4) is 0 Å². The number of likely N-dealkylation sites (tertiary alicyclic amines) is 1. The van der Waals surface area contributed by atoms with Gasteiger partial charge >= 0.3 is 0 Å².